The molecule has 0 amide bonds. The fourth-order valence-corrected chi connectivity index (χ4v) is 2.35. The van der Waals surface area contributed by atoms with Crippen LogP contribution in [0.1, 0.15) is 30.7 Å². The van der Waals surface area contributed by atoms with E-state index < -0.39 is 0 Å². The van der Waals surface area contributed by atoms with E-state index in [0.717, 1.165) is 18.5 Å². The lowest BCUT2D eigenvalue weighted by atomic mass is 9.96. The van der Waals surface area contributed by atoms with Gasteiger partial charge in [-0.2, -0.15) is 0 Å². The van der Waals surface area contributed by atoms with Crippen molar-refractivity contribution in [2.24, 2.45) is 0 Å². The van der Waals surface area contributed by atoms with E-state index in [2.05, 4.69) is 43.1 Å². The second-order valence-electron chi connectivity index (χ2n) is 4.56. The minimum atomic E-state index is 0.581. The Morgan fingerprint density at radius 3 is 2.33 bits per heavy atom. The van der Waals surface area contributed by atoms with Gasteiger partial charge < -0.3 is 5.73 Å². The van der Waals surface area contributed by atoms with Crippen LogP contribution in [0.3, 0.4) is 0 Å². The number of nitrogens with zero attached hydrogens (tertiary/aromatic N) is 1. The number of nitrogen functional groups attached to an aromatic ring is 1. The molecule has 0 unspecified atom stereocenters. The van der Waals surface area contributed by atoms with E-state index in [1.54, 1.807) is 0 Å². The van der Waals surface area contributed by atoms with Crippen molar-refractivity contribution >= 4 is 5.82 Å². The summed E-state index contributed by atoms with van der Waals surface area (Å²) in [5, 5.41) is 0. The molecule has 0 fully saturated rings. The van der Waals surface area contributed by atoms with Crippen LogP contribution in [-0.4, -0.2) is 4.98 Å². The molecule has 0 atom stereocenters. The molecule has 2 nitrogen and oxygen atoms in total. The Morgan fingerprint density at radius 1 is 1.00 bits per heavy atom. The fourth-order valence-electron chi connectivity index (χ4n) is 2.35. The second-order valence-corrected chi connectivity index (χ2v) is 4.56. The van der Waals surface area contributed by atoms with E-state index in [4.69, 9.17) is 5.73 Å². The zero-order valence-corrected chi connectivity index (χ0v) is 11.3. The highest BCUT2D eigenvalue weighted by molar-refractivity contribution is 5.68. The van der Waals surface area contributed by atoms with Crippen LogP contribution in [0, 0.1) is 6.92 Å². The predicted molar refractivity (Wildman–Crippen MR) is 77.6 cm³/mol. The first kappa shape index (κ1) is 12.6. The second kappa shape index (κ2) is 5.21. The molecule has 0 saturated carbocycles. The average Bonchev–Trinajstić information content (AvgIpc) is 2.38. The number of anilines is 1. The lowest BCUT2D eigenvalue weighted by molar-refractivity contribution is 1.04. The largest absolute Gasteiger partial charge is 0.384 e. The third-order valence-electron chi connectivity index (χ3n) is 3.39. The summed E-state index contributed by atoms with van der Waals surface area (Å²) in [7, 11) is 0. The van der Waals surface area contributed by atoms with Gasteiger partial charge in [0.1, 0.15) is 5.82 Å². The Balaban J connectivity index is 2.51. The highest BCUT2D eigenvalue weighted by atomic mass is 14.8. The topological polar surface area (TPSA) is 38.9 Å². The van der Waals surface area contributed by atoms with Crippen molar-refractivity contribution in [1.29, 1.82) is 0 Å². The Kier molecular flexibility index (Phi) is 3.66. The smallest absolute Gasteiger partial charge is 0.123 e. The summed E-state index contributed by atoms with van der Waals surface area (Å²) in [6.07, 6.45) is 2.15. The number of aromatic nitrogens is 1. The first-order chi connectivity index (χ1) is 8.65. The van der Waals surface area contributed by atoms with Crippen molar-refractivity contribution in [3.8, 4) is 11.1 Å². The van der Waals surface area contributed by atoms with E-state index in [0.29, 0.717) is 5.82 Å². The molecule has 0 aliphatic heterocycles. The average molecular weight is 240 g/mol. The summed E-state index contributed by atoms with van der Waals surface area (Å²) in [6.45, 7) is 6.40. The van der Waals surface area contributed by atoms with Gasteiger partial charge in [0.05, 0.1) is 0 Å². The third kappa shape index (κ3) is 2.37. The van der Waals surface area contributed by atoms with Crippen LogP contribution in [0.4, 0.5) is 5.82 Å². The highest BCUT2D eigenvalue weighted by Gasteiger charge is 2.06. The zero-order chi connectivity index (χ0) is 13.1. The van der Waals surface area contributed by atoms with Crippen LogP contribution in [0.25, 0.3) is 11.1 Å². The molecule has 94 valence electrons. The van der Waals surface area contributed by atoms with E-state index in [1.807, 2.05) is 13.0 Å². The Bertz CT molecular complexity index is 559. The predicted octanol–water partition coefficient (Wildman–Crippen LogP) is 3.76. The lowest BCUT2D eigenvalue weighted by Gasteiger charge is -2.11. The maximum absolute atomic E-state index is 5.70. The Morgan fingerprint density at radius 2 is 1.72 bits per heavy atom. The molecule has 2 N–H and O–H groups in total. The molecule has 0 saturated heterocycles. The molecule has 0 aliphatic rings. The van der Waals surface area contributed by atoms with Gasteiger partial charge in [-0.15, -0.1) is 0 Å². The maximum atomic E-state index is 5.70. The zero-order valence-electron chi connectivity index (χ0n) is 11.3. The number of hydrogen-bond acceptors (Lipinski definition) is 2. The third-order valence-corrected chi connectivity index (χ3v) is 3.39. The molecule has 2 rings (SSSR count). The number of rotatable bonds is 3. The fraction of sp³-hybridized carbons (Fsp3) is 0.312. The van der Waals surface area contributed by atoms with Gasteiger partial charge in [-0.3, -0.25) is 0 Å². The van der Waals surface area contributed by atoms with Crippen LogP contribution in [-0.2, 0) is 12.8 Å². The normalized spacial score (nSPS) is 10.6. The Labute approximate surface area is 109 Å². The van der Waals surface area contributed by atoms with Crippen molar-refractivity contribution in [3.63, 3.8) is 0 Å². The van der Waals surface area contributed by atoms with Gasteiger partial charge in [-0.25, -0.2) is 4.98 Å². The maximum Gasteiger partial charge on any atom is 0.123 e. The van der Waals surface area contributed by atoms with Crippen LogP contribution < -0.4 is 5.73 Å². The monoisotopic (exact) mass is 240 g/mol. The van der Waals surface area contributed by atoms with Gasteiger partial charge in [0, 0.05) is 11.3 Å². The molecule has 2 aromatic rings. The first-order valence-corrected chi connectivity index (χ1v) is 6.51. The number of benzene rings is 1. The van der Waals surface area contributed by atoms with Gasteiger partial charge in [-0.05, 0) is 48.6 Å². The summed E-state index contributed by atoms with van der Waals surface area (Å²) in [5.41, 5.74) is 11.9. The van der Waals surface area contributed by atoms with Gasteiger partial charge in [0.15, 0.2) is 0 Å². The SMILES string of the molecule is CCc1ccc(-c2ccc(N)nc2C)cc1CC. The minimum absolute atomic E-state index is 0.581. The number of hydrogen-bond donors (Lipinski definition) is 1. The Hall–Kier alpha value is -1.83. The molecular formula is C16H20N2. The van der Waals surface area contributed by atoms with Gasteiger partial charge in [0.2, 0.25) is 0 Å². The lowest BCUT2D eigenvalue weighted by Crippen LogP contribution is -1.96. The van der Waals surface area contributed by atoms with Crippen LogP contribution in [0.15, 0.2) is 30.3 Å². The quantitative estimate of drug-likeness (QED) is 0.887. The van der Waals surface area contributed by atoms with Crippen LogP contribution >= 0.6 is 0 Å². The van der Waals surface area contributed by atoms with E-state index in [1.165, 1.54) is 22.3 Å². The molecule has 0 aliphatic carbocycles. The van der Waals surface area contributed by atoms with Gasteiger partial charge >= 0.3 is 0 Å². The van der Waals surface area contributed by atoms with E-state index in [-0.39, 0.29) is 0 Å². The summed E-state index contributed by atoms with van der Waals surface area (Å²) in [6, 6.07) is 10.6. The summed E-state index contributed by atoms with van der Waals surface area (Å²) in [4.78, 5) is 4.33. The first-order valence-electron chi connectivity index (χ1n) is 6.51. The van der Waals surface area contributed by atoms with Crippen molar-refractivity contribution < 1.29 is 0 Å². The highest BCUT2D eigenvalue weighted by Crippen LogP contribution is 2.26. The molecule has 1 aromatic carbocycles. The van der Waals surface area contributed by atoms with Crippen molar-refractivity contribution in [1.82, 2.24) is 4.98 Å². The van der Waals surface area contributed by atoms with Crippen molar-refractivity contribution in [2.45, 2.75) is 33.6 Å². The molecule has 0 bridgehead atoms. The number of aryl methyl sites for hydroxylation is 3. The number of nitrogens with two attached hydrogens (primary N) is 1. The molecular weight excluding hydrogens is 220 g/mol. The van der Waals surface area contributed by atoms with E-state index in [9.17, 15) is 0 Å². The molecule has 18 heavy (non-hydrogen) atoms. The van der Waals surface area contributed by atoms with Crippen molar-refractivity contribution in [2.75, 3.05) is 5.73 Å². The molecule has 0 spiro atoms. The minimum Gasteiger partial charge on any atom is -0.384 e. The summed E-state index contributed by atoms with van der Waals surface area (Å²) >= 11 is 0. The molecule has 1 aromatic heterocycles. The van der Waals surface area contributed by atoms with Crippen LogP contribution in [0.2, 0.25) is 0 Å². The van der Waals surface area contributed by atoms with Crippen molar-refractivity contribution in [3.05, 3.63) is 47.2 Å². The van der Waals surface area contributed by atoms with Crippen LogP contribution in [0.5, 0.6) is 0 Å². The summed E-state index contributed by atoms with van der Waals surface area (Å²) < 4.78 is 0. The van der Waals surface area contributed by atoms with E-state index >= 15 is 0 Å². The number of pyridine rings is 1. The van der Waals surface area contributed by atoms with Gasteiger partial charge in [-0.1, -0.05) is 32.0 Å². The summed E-state index contributed by atoms with van der Waals surface area (Å²) in [5.74, 6) is 0.581. The molecule has 2 heteroatoms. The molecule has 0 radical (unpaired) electrons. The molecule has 1 heterocycles. The van der Waals surface area contributed by atoms with Gasteiger partial charge in [0.25, 0.3) is 0 Å². The standard InChI is InChI=1S/C16H20N2/c1-4-12-6-7-14(10-13(12)5-2)15-8-9-16(17)18-11(15)3/h6-10H,4-5H2,1-3H3,(H2,17,18).